The lowest BCUT2D eigenvalue weighted by Gasteiger charge is -2.55. The monoisotopic (exact) mass is 388 g/mol. The lowest BCUT2D eigenvalue weighted by molar-refractivity contribution is -0.160. The normalized spacial score (nSPS) is 47.7. The standard InChI is InChI=1S/C22H28O6/c1-9-6-7-21(5)14(11(9)3)16(24)18(28-12(4)23)13-15(21)17(25)20(27)22(19(13)26)8-10(22)2/h9-10,14,16,18,20,24,27H,3,6-8H2,1-2,4-5H3/t9-,10-,14+,16-,18-,20-,21-,22+/m0/s1. The molecule has 0 heterocycles. The molecule has 0 amide bonds. The second-order valence-corrected chi connectivity index (χ2v) is 9.46. The van der Waals surface area contributed by atoms with Gasteiger partial charge in [0.05, 0.1) is 5.41 Å². The minimum absolute atomic E-state index is 0.100. The molecule has 4 aliphatic rings. The van der Waals surface area contributed by atoms with Crippen LogP contribution in [0.1, 0.15) is 47.0 Å². The smallest absolute Gasteiger partial charge is 0.303 e. The van der Waals surface area contributed by atoms with E-state index in [2.05, 4.69) is 6.58 Å². The molecule has 1 spiro atoms. The molecule has 2 N–H and O–H groups in total. The van der Waals surface area contributed by atoms with E-state index in [4.69, 9.17) is 4.74 Å². The van der Waals surface area contributed by atoms with Crippen molar-refractivity contribution in [3.63, 3.8) is 0 Å². The highest BCUT2D eigenvalue weighted by atomic mass is 16.6. The lowest BCUT2D eigenvalue weighted by Crippen LogP contribution is -2.61. The number of rotatable bonds is 1. The number of ketones is 2. The minimum Gasteiger partial charge on any atom is -0.455 e. The van der Waals surface area contributed by atoms with Crippen molar-refractivity contribution in [3.05, 3.63) is 23.3 Å². The predicted molar refractivity (Wildman–Crippen MR) is 100.0 cm³/mol. The van der Waals surface area contributed by atoms with E-state index < -0.39 is 46.8 Å². The summed E-state index contributed by atoms with van der Waals surface area (Å²) in [4.78, 5) is 38.7. The van der Waals surface area contributed by atoms with Crippen molar-refractivity contribution in [2.45, 2.75) is 65.3 Å². The molecule has 0 aromatic rings. The fraction of sp³-hybridized carbons (Fsp3) is 0.682. The van der Waals surface area contributed by atoms with Crippen LogP contribution >= 0.6 is 0 Å². The van der Waals surface area contributed by atoms with E-state index in [0.29, 0.717) is 12.8 Å². The van der Waals surface area contributed by atoms with Crippen molar-refractivity contribution >= 4 is 17.5 Å². The molecule has 4 aliphatic carbocycles. The molecule has 0 aromatic carbocycles. The van der Waals surface area contributed by atoms with Gasteiger partial charge in [-0.3, -0.25) is 14.4 Å². The van der Waals surface area contributed by atoms with E-state index in [-0.39, 0.29) is 28.8 Å². The number of aliphatic hydroxyl groups is 2. The van der Waals surface area contributed by atoms with E-state index in [1.165, 1.54) is 6.92 Å². The van der Waals surface area contributed by atoms with Gasteiger partial charge in [-0.1, -0.05) is 32.9 Å². The molecule has 2 fully saturated rings. The number of ether oxygens (including phenoxy) is 1. The van der Waals surface area contributed by atoms with Gasteiger partial charge >= 0.3 is 5.97 Å². The molecule has 0 aliphatic heterocycles. The lowest BCUT2D eigenvalue weighted by atomic mass is 9.50. The quantitative estimate of drug-likeness (QED) is 0.524. The Morgan fingerprint density at radius 3 is 2.39 bits per heavy atom. The summed E-state index contributed by atoms with van der Waals surface area (Å²) in [6.07, 6.45) is -1.96. The molecule has 8 atom stereocenters. The molecule has 6 nitrogen and oxygen atoms in total. The number of carbonyl (C=O) groups excluding carboxylic acids is 3. The van der Waals surface area contributed by atoms with Crippen LogP contribution in [0.2, 0.25) is 0 Å². The molecule has 0 aromatic heterocycles. The van der Waals surface area contributed by atoms with E-state index in [1.807, 2.05) is 20.8 Å². The van der Waals surface area contributed by atoms with Crippen molar-refractivity contribution in [1.29, 1.82) is 0 Å². The second kappa shape index (κ2) is 5.86. The van der Waals surface area contributed by atoms with Gasteiger partial charge in [-0.05, 0) is 31.1 Å². The average Bonchev–Trinajstić information content (AvgIpc) is 3.29. The van der Waals surface area contributed by atoms with Crippen molar-refractivity contribution in [2.75, 3.05) is 0 Å². The molecule has 28 heavy (non-hydrogen) atoms. The Balaban J connectivity index is 1.97. The fourth-order valence-corrected chi connectivity index (χ4v) is 6.10. The molecule has 6 heteroatoms. The Morgan fingerprint density at radius 1 is 1.25 bits per heavy atom. The van der Waals surface area contributed by atoms with Crippen LogP contribution in [0.3, 0.4) is 0 Å². The molecule has 2 saturated carbocycles. The zero-order valence-electron chi connectivity index (χ0n) is 16.8. The summed E-state index contributed by atoms with van der Waals surface area (Å²) in [7, 11) is 0. The van der Waals surface area contributed by atoms with Crippen molar-refractivity contribution in [3.8, 4) is 0 Å². The number of hydrogen-bond acceptors (Lipinski definition) is 6. The van der Waals surface area contributed by atoms with Crippen LogP contribution in [-0.4, -0.2) is 46.1 Å². The fourth-order valence-electron chi connectivity index (χ4n) is 6.10. The van der Waals surface area contributed by atoms with E-state index >= 15 is 0 Å². The summed E-state index contributed by atoms with van der Waals surface area (Å²) < 4.78 is 5.42. The first kappa shape index (κ1) is 19.5. The SMILES string of the molecule is C=C1[C@@H]2[C@H](O)[C@@H](OC(C)=O)C3=C(C(=O)[C@H](O)[C@@]4(C[C@@H]4C)C3=O)[C@@]2(C)CC[C@@H]1C. The molecule has 0 saturated heterocycles. The van der Waals surface area contributed by atoms with Crippen molar-refractivity contribution in [1.82, 2.24) is 0 Å². The first-order valence-corrected chi connectivity index (χ1v) is 10.0. The van der Waals surface area contributed by atoms with Gasteiger partial charge in [0.1, 0.15) is 12.2 Å². The Kier molecular flexibility index (Phi) is 4.09. The van der Waals surface area contributed by atoms with Crippen LogP contribution in [0.25, 0.3) is 0 Å². The maximum Gasteiger partial charge on any atom is 0.303 e. The van der Waals surface area contributed by atoms with Gasteiger partial charge in [-0.15, -0.1) is 0 Å². The first-order chi connectivity index (χ1) is 13.0. The Hall–Kier alpha value is -1.79. The number of Topliss-reactive ketones (excluding diaryl/α,β-unsaturated/α-hetero) is 2. The molecule has 0 bridgehead atoms. The number of hydrogen-bond donors (Lipinski definition) is 2. The first-order valence-electron chi connectivity index (χ1n) is 10.0. The largest absolute Gasteiger partial charge is 0.455 e. The molecular formula is C22H28O6. The van der Waals surface area contributed by atoms with Crippen molar-refractivity contribution < 1.29 is 29.3 Å². The highest BCUT2D eigenvalue weighted by Crippen LogP contribution is 2.65. The average molecular weight is 388 g/mol. The van der Waals surface area contributed by atoms with Gasteiger partial charge in [-0.2, -0.15) is 0 Å². The Morgan fingerprint density at radius 2 is 1.86 bits per heavy atom. The van der Waals surface area contributed by atoms with Crippen LogP contribution < -0.4 is 0 Å². The zero-order chi connectivity index (χ0) is 20.8. The van der Waals surface area contributed by atoms with Gasteiger partial charge in [0.25, 0.3) is 0 Å². The van der Waals surface area contributed by atoms with Crippen molar-refractivity contribution in [2.24, 2.45) is 28.6 Å². The van der Waals surface area contributed by atoms with E-state index in [1.54, 1.807) is 0 Å². The van der Waals surface area contributed by atoms with Gasteiger partial charge in [0, 0.05) is 29.4 Å². The summed E-state index contributed by atoms with van der Waals surface area (Å²) >= 11 is 0. The van der Waals surface area contributed by atoms with Gasteiger partial charge in [-0.25, -0.2) is 0 Å². The number of aliphatic hydroxyl groups excluding tert-OH is 2. The Labute approximate surface area is 164 Å². The van der Waals surface area contributed by atoms with Crippen LogP contribution in [0.4, 0.5) is 0 Å². The predicted octanol–water partition coefficient (Wildman–Crippen LogP) is 1.74. The minimum atomic E-state index is -1.38. The third-order valence-corrected chi connectivity index (χ3v) is 7.90. The van der Waals surface area contributed by atoms with Gasteiger partial charge in [0.15, 0.2) is 17.7 Å². The van der Waals surface area contributed by atoms with Crippen LogP contribution in [0.15, 0.2) is 23.3 Å². The molecular weight excluding hydrogens is 360 g/mol. The highest BCUT2D eigenvalue weighted by Gasteiger charge is 2.71. The summed E-state index contributed by atoms with van der Waals surface area (Å²) in [5, 5.41) is 22.0. The summed E-state index contributed by atoms with van der Waals surface area (Å²) in [6.45, 7) is 11.1. The maximum atomic E-state index is 13.5. The van der Waals surface area contributed by atoms with Crippen LogP contribution in [-0.2, 0) is 19.1 Å². The number of esters is 1. The second-order valence-electron chi connectivity index (χ2n) is 9.46. The summed E-state index contributed by atoms with van der Waals surface area (Å²) in [6, 6.07) is 0. The molecule has 152 valence electrons. The number of carbonyl (C=O) groups is 3. The van der Waals surface area contributed by atoms with Crippen LogP contribution in [0, 0.1) is 28.6 Å². The Bertz CT molecular complexity index is 840. The summed E-state index contributed by atoms with van der Waals surface area (Å²) in [5.74, 6) is -1.95. The third kappa shape index (κ3) is 2.19. The molecule has 0 radical (unpaired) electrons. The molecule has 0 unspecified atom stereocenters. The number of fused-ring (bicyclic) bond motifs is 2. The topological polar surface area (TPSA) is 101 Å². The van der Waals surface area contributed by atoms with E-state index in [0.717, 1.165) is 12.0 Å². The molecule has 4 rings (SSSR count). The van der Waals surface area contributed by atoms with Gasteiger partial charge < -0.3 is 14.9 Å². The van der Waals surface area contributed by atoms with Gasteiger partial charge in [0.2, 0.25) is 0 Å². The van der Waals surface area contributed by atoms with Crippen LogP contribution in [0.5, 0.6) is 0 Å². The summed E-state index contributed by atoms with van der Waals surface area (Å²) in [5.41, 5.74) is -0.828. The third-order valence-electron chi connectivity index (χ3n) is 7.90. The van der Waals surface area contributed by atoms with E-state index in [9.17, 15) is 24.6 Å². The maximum absolute atomic E-state index is 13.5. The highest BCUT2D eigenvalue weighted by molar-refractivity contribution is 6.19. The zero-order valence-corrected chi connectivity index (χ0v) is 16.8.